The van der Waals surface area contributed by atoms with Crippen LogP contribution in [0.3, 0.4) is 0 Å². The van der Waals surface area contributed by atoms with E-state index >= 15 is 0 Å². The molecule has 7 heteroatoms. The summed E-state index contributed by atoms with van der Waals surface area (Å²) in [4.78, 5) is 4.59. The summed E-state index contributed by atoms with van der Waals surface area (Å²) < 4.78 is 12.0. The van der Waals surface area contributed by atoms with E-state index in [0.717, 1.165) is 33.4 Å². The minimum absolute atomic E-state index is 0.119. The monoisotopic (exact) mass is 447 g/mol. The van der Waals surface area contributed by atoms with E-state index in [1.165, 1.54) is 0 Å². The van der Waals surface area contributed by atoms with E-state index in [4.69, 9.17) is 31.9 Å². The number of fused-ring (bicyclic) bond motifs is 1. The van der Waals surface area contributed by atoms with Crippen LogP contribution >= 0.6 is 22.9 Å². The van der Waals surface area contributed by atoms with E-state index in [1.54, 1.807) is 23.5 Å². The van der Waals surface area contributed by atoms with Crippen LogP contribution in [0.2, 0.25) is 5.02 Å². The lowest BCUT2D eigenvalue weighted by atomic mass is 10.0. The van der Waals surface area contributed by atoms with Gasteiger partial charge >= 0.3 is 0 Å². The first kappa shape index (κ1) is 20.8. The number of rotatable bonds is 7. The maximum absolute atomic E-state index is 8.17. The summed E-state index contributed by atoms with van der Waals surface area (Å²) in [6, 6.07) is 20.7. The van der Waals surface area contributed by atoms with Crippen LogP contribution in [0.25, 0.3) is 21.9 Å². The Balaban J connectivity index is 1.52. The van der Waals surface area contributed by atoms with Gasteiger partial charge in [-0.3, -0.25) is 10.8 Å². The van der Waals surface area contributed by atoms with E-state index in [1.807, 2.05) is 60.0 Å². The first-order valence-electron chi connectivity index (χ1n) is 9.40. The van der Waals surface area contributed by atoms with Crippen molar-refractivity contribution in [3.8, 4) is 5.75 Å². The standard InChI is InChI=1S/C24H18ClN3O2S/c25-18-5-1-16(2-6-18)13-21(24(27)30-15-26)17-3-8-20(9-4-17)29-14-19-7-10-23-22(28-19)11-12-31-23/h1-13,15,26-27H,14H2/b21-13+,26-15?,27-24?. The number of nitrogens with one attached hydrogen (secondary N) is 2. The summed E-state index contributed by atoms with van der Waals surface area (Å²) in [6.45, 7) is 0.366. The van der Waals surface area contributed by atoms with Gasteiger partial charge < -0.3 is 9.47 Å². The molecule has 0 bridgehead atoms. The van der Waals surface area contributed by atoms with Crippen LogP contribution in [0.15, 0.2) is 72.1 Å². The highest BCUT2D eigenvalue weighted by molar-refractivity contribution is 7.17. The predicted octanol–water partition coefficient (Wildman–Crippen LogP) is 6.67. The van der Waals surface area contributed by atoms with Gasteiger partial charge in [-0.2, -0.15) is 0 Å². The second-order valence-electron chi connectivity index (χ2n) is 6.59. The van der Waals surface area contributed by atoms with Gasteiger partial charge in [-0.25, -0.2) is 4.98 Å². The molecule has 2 heterocycles. The lowest BCUT2D eigenvalue weighted by Gasteiger charge is -2.10. The minimum atomic E-state index is -0.119. The molecule has 0 aliphatic rings. The quantitative estimate of drug-likeness (QED) is 0.188. The van der Waals surface area contributed by atoms with E-state index in [-0.39, 0.29) is 5.90 Å². The van der Waals surface area contributed by atoms with E-state index in [2.05, 4.69) is 11.1 Å². The van der Waals surface area contributed by atoms with Crippen molar-refractivity contribution in [2.75, 3.05) is 0 Å². The highest BCUT2D eigenvalue weighted by atomic mass is 35.5. The lowest BCUT2D eigenvalue weighted by Crippen LogP contribution is -2.05. The zero-order chi connectivity index (χ0) is 21.6. The Bertz CT molecular complexity index is 1250. The molecular weight excluding hydrogens is 430 g/mol. The SMILES string of the molecule is N=COC(=N)/C(=C/c1ccc(Cl)cc1)c1ccc(OCc2ccc3sccc3n2)cc1. The Kier molecular flexibility index (Phi) is 6.40. The van der Waals surface area contributed by atoms with Crippen molar-refractivity contribution >= 4 is 57.1 Å². The summed E-state index contributed by atoms with van der Waals surface area (Å²) in [5, 5.41) is 18.0. The molecule has 0 fully saturated rings. The lowest BCUT2D eigenvalue weighted by molar-refractivity contribution is 0.302. The number of thiophene rings is 1. The molecule has 2 N–H and O–H groups in total. The number of halogens is 1. The molecule has 154 valence electrons. The largest absolute Gasteiger partial charge is 0.487 e. The number of pyridine rings is 1. The van der Waals surface area contributed by atoms with Gasteiger partial charge in [0.05, 0.1) is 15.9 Å². The molecular formula is C24H18ClN3O2S. The van der Waals surface area contributed by atoms with Gasteiger partial charge in [0.15, 0.2) is 6.40 Å². The second-order valence-corrected chi connectivity index (χ2v) is 7.98. The van der Waals surface area contributed by atoms with Crippen molar-refractivity contribution < 1.29 is 9.47 Å². The molecule has 0 amide bonds. The van der Waals surface area contributed by atoms with Crippen LogP contribution in [-0.4, -0.2) is 17.3 Å². The summed E-state index contributed by atoms with van der Waals surface area (Å²) in [5.74, 6) is 0.577. The normalized spacial score (nSPS) is 11.3. The fraction of sp³-hybridized carbons (Fsp3) is 0.0417. The third-order valence-electron chi connectivity index (χ3n) is 4.52. The first-order valence-corrected chi connectivity index (χ1v) is 10.7. The average Bonchev–Trinajstić information content (AvgIpc) is 3.26. The van der Waals surface area contributed by atoms with Gasteiger partial charge in [0.2, 0.25) is 5.90 Å². The van der Waals surface area contributed by atoms with Gasteiger partial charge in [-0.15, -0.1) is 11.3 Å². The Morgan fingerprint density at radius 2 is 1.77 bits per heavy atom. The number of benzene rings is 2. The molecule has 0 aliphatic carbocycles. The predicted molar refractivity (Wildman–Crippen MR) is 127 cm³/mol. The molecule has 0 radical (unpaired) electrons. The Morgan fingerprint density at radius 3 is 2.52 bits per heavy atom. The number of hydrogen-bond donors (Lipinski definition) is 2. The van der Waals surface area contributed by atoms with Gasteiger partial charge in [0.1, 0.15) is 12.4 Å². The zero-order valence-electron chi connectivity index (χ0n) is 16.3. The molecule has 0 aliphatic heterocycles. The topological polar surface area (TPSA) is 79.0 Å². The van der Waals surface area contributed by atoms with Crippen molar-refractivity contribution in [1.82, 2.24) is 4.98 Å². The third kappa shape index (κ3) is 5.17. The molecule has 0 atom stereocenters. The van der Waals surface area contributed by atoms with Crippen LogP contribution in [0.4, 0.5) is 0 Å². The fourth-order valence-corrected chi connectivity index (χ4v) is 3.84. The van der Waals surface area contributed by atoms with Gasteiger partial charge in [-0.05, 0) is 65.0 Å². The summed E-state index contributed by atoms with van der Waals surface area (Å²) in [7, 11) is 0. The minimum Gasteiger partial charge on any atom is -0.487 e. The van der Waals surface area contributed by atoms with Crippen molar-refractivity contribution in [2.45, 2.75) is 6.61 Å². The third-order valence-corrected chi connectivity index (χ3v) is 5.64. The first-order chi connectivity index (χ1) is 15.1. The molecule has 4 rings (SSSR count). The Hall–Kier alpha value is -3.48. The zero-order valence-corrected chi connectivity index (χ0v) is 17.9. The van der Waals surface area contributed by atoms with Gasteiger partial charge in [0.25, 0.3) is 0 Å². The Morgan fingerprint density at radius 1 is 1.00 bits per heavy atom. The molecule has 4 aromatic rings. The maximum Gasteiger partial charge on any atom is 0.221 e. The fourth-order valence-electron chi connectivity index (χ4n) is 2.99. The highest BCUT2D eigenvalue weighted by Crippen LogP contribution is 2.24. The van der Waals surface area contributed by atoms with Crippen molar-refractivity contribution in [1.29, 1.82) is 10.8 Å². The van der Waals surface area contributed by atoms with Gasteiger partial charge in [0, 0.05) is 10.6 Å². The number of hydrogen-bond acceptors (Lipinski definition) is 6. The van der Waals surface area contributed by atoms with Crippen molar-refractivity contribution in [3.05, 3.63) is 94.0 Å². The van der Waals surface area contributed by atoms with E-state index in [0.29, 0.717) is 23.0 Å². The summed E-state index contributed by atoms with van der Waals surface area (Å²) >= 11 is 7.62. The maximum atomic E-state index is 8.17. The average molecular weight is 448 g/mol. The summed E-state index contributed by atoms with van der Waals surface area (Å²) in [6.07, 6.45) is 2.56. The van der Waals surface area contributed by atoms with Crippen molar-refractivity contribution in [2.24, 2.45) is 0 Å². The second kappa shape index (κ2) is 9.55. The van der Waals surface area contributed by atoms with Crippen molar-refractivity contribution in [3.63, 3.8) is 0 Å². The number of ether oxygens (including phenoxy) is 2. The molecule has 2 aromatic heterocycles. The van der Waals surface area contributed by atoms with Crippen LogP contribution in [-0.2, 0) is 11.3 Å². The summed E-state index contributed by atoms with van der Waals surface area (Å²) in [5.41, 5.74) is 4.02. The van der Waals surface area contributed by atoms with E-state index < -0.39 is 0 Å². The Labute approximate surface area is 188 Å². The van der Waals surface area contributed by atoms with E-state index in [9.17, 15) is 0 Å². The molecule has 0 saturated heterocycles. The molecule has 0 unspecified atom stereocenters. The van der Waals surface area contributed by atoms with Crippen LogP contribution in [0.1, 0.15) is 16.8 Å². The number of aromatic nitrogens is 1. The molecule has 5 nitrogen and oxygen atoms in total. The molecule has 2 aromatic carbocycles. The molecule has 0 spiro atoms. The molecule has 0 saturated carbocycles. The van der Waals surface area contributed by atoms with Crippen LogP contribution in [0, 0.1) is 10.8 Å². The number of nitrogens with zero attached hydrogens (tertiary/aromatic N) is 1. The van der Waals surface area contributed by atoms with Crippen LogP contribution < -0.4 is 4.74 Å². The highest BCUT2D eigenvalue weighted by Gasteiger charge is 2.11. The van der Waals surface area contributed by atoms with Crippen LogP contribution in [0.5, 0.6) is 5.75 Å². The van der Waals surface area contributed by atoms with Gasteiger partial charge in [-0.1, -0.05) is 35.9 Å². The molecule has 31 heavy (non-hydrogen) atoms. The smallest absolute Gasteiger partial charge is 0.221 e.